The number of pyridine rings is 2. The minimum Gasteiger partial charge on any atom is -0.456 e. The van der Waals surface area contributed by atoms with Crippen LogP contribution in [0.15, 0.2) is 103 Å². The first kappa shape index (κ1) is 19.1. The van der Waals surface area contributed by atoms with E-state index in [0.717, 1.165) is 11.5 Å². The molecule has 0 fully saturated rings. The lowest BCUT2D eigenvalue weighted by Gasteiger charge is -2.28. The maximum Gasteiger partial charge on any atom is 0.372 e. The number of nitrogens with zero attached hydrogens (tertiary/aromatic N) is 3. The fourth-order valence-electron chi connectivity index (χ4n) is 8.58. The van der Waals surface area contributed by atoms with E-state index in [0.29, 0.717) is 0 Å². The summed E-state index contributed by atoms with van der Waals surface area (Å²) in [5.41, 5.74) is 6.95. The van der Waals surface area contributed by atoms with Gasteiger partial charge in [-0.05, 0) is 70.1 Å². The topological polar surface area (TPSA) is 21.4 Å². The second kappa shape index (κ2) is 5.79. The molecule has 5 heteroatoms. The zero-order valence-electron chi connectivity index (χ0n) is 21.0. The van der Waals surface area contributed by atoms with Crippen molar-refractivity contribution in [1.29, 1.82) is 0 Å². The summed E-state index contributed by atoms with van der Waals surface area (Å²) in [6.07, 6.45) is 2.30. The fraction of sp³-hybridized carbons (Fsp3) is 0.0286. The van der Waals surface area contributed by atoms with Crippen LogP contribution < -0.4 is 13.9 Å². The van der Waals surface area contributed by atoms with E-state index in [9.17, 15) is 0 Å². The number of ether oxygens (including phenoxy) is 1. The molecule has 182 valence electrons. The largest absolute Gasteiger partial charge is 0.456 e. The van der Waals surface area contributed by atoms with Crippen LogP contribution in [0.4, 0.5) is 0 Å². The molecule has 5 aromatic carbocycles. The number of aromatic nitrogens is 3. The van der Waals surface area contributed by atoms with Crippen molar-refractivity contribution < 1.29 is 13.9 Å². The van der Waals surface area contributed by atoms with E-state index in [2.05, 4.69) is 116 Å². The molecule has 0 aliphatic carbocycles. The minimum absolute atomic E-state index is 0.582. The summed E-state index contributed by atoms with van der Waals surface area (Å²) in [7, 11) is 0. The Balaban J connectivity index is 1.48. The molecule has 0 bridgehead atoms. The van der Waals surface area contributed by atoms with Gasteiger partial charge < -0.3 is 4.74 Å². The molecule has 40 heavy (non-hydrogen) atoms. The Morgan fingerprint density at radius 1 is 0.650 bits per heavy atom. The number of rotatable bonds is 0. The molecule has 4 aromatic heterocycles. The van der Waals surface area contributed by atoms with Crippen LogP contribution in [0.3, 0.4) is 0 Å². The van der Waals surface area contributed by atoms with E-state index >= 15 is 0 Å². The van der Waals surface area contributed by atoms with Crippen LogP contribution in [0.2, 0.25) is 0 Å². The third-order valence-corrected chi connectivity index (χ3v) is 10.7. The van der Waals surface area contributed by atoms with E-state index in [1.807, 2.05) is 11.3 Å². The van der Waals surface area contributed by atoms with E-state index < -0.39 is 5.66 Å². The highest BCUT2D eigenvalue weighted by atomic mass is 32.1. The third kappa shape index (κ3) is 1.65. The van der Waals surface area contributed by atoms with Gasteiger partial charge in [0, 0.05) is 16.8 Å². The average Bonchev–Trinajstić information content (AvgIpc) is 3.76. The Kier molecular flexibility index (Phi) is 2.77. The Bertz CT molecular complexity index is 2750. The van der Waals surface area contributed by atoms with Crippen LogP contribution in [0, 0.1) is 0 Å². The molecule has 0 N–H and O–H groups in total. The van der Waals surface area contributed by atoms with Gasteiger partial charge in [-0.15, -0.1) is 20.5 Å². The highest BCUT2D eigenvalue weighted by molar-refractivity contribution is 7.17. The second-order valence-electron chi connectivity index (χ2n) is 11.3. The minimum atomic E-state index is -0.582. The molecule has 0 saturated carbocycles. The molecule has 7 heterocycles. The Hall–Kier alpha value is -5.00. The summed E-state index contributed by atoms with van der Waals surface area (Å²) in [5.74, 6) is 1.90. The molecule has 0 radical (unpaired) electrons. The van der Waals surface area contributed by atoms with Crippen molar-refractivity contribution in [3.05, 3.63) is 114 Å². The number of thiophene rings is 1. The van der Waals surface area contributed by atoms with Crippen molar-refractivity contribution in [1.82, 2.24) is 4.40 Å². The van der Waals surface area contributed by atoms with Gasteiger partial charge in [-0.2, -0.15) is 4.40 Å². The van der Waals surface area contributed by atoms with Crippen molar-refractivity contribution in [3.63, 3.8) is 0 Å². The molecule has 1 spiro atoms. The van der Waals surface area contributed by atoms with Gasteiger partial charge in [-0.1, -0.05) is 36.4 Å². The molecule has 1 unspecified atom stereocenters. The SMILES string of the molecule is c1ccc2c(c1)c1ccc3c4c1c1c2ccc[n+]1C41c2c(ccc4c5ccsc5n5c6ccccc6[n+]1c5c24)O3. The van der Waals surface area contributed by atoms with Crippen LogP contribution in [0.5, 0.6) is 11.5 Å². The smallest absolute Gasteiger partial charge is 0.372 e. The number of para-hydroxylation sites is 2. The van der Waals surface area contributed by atoms with Crippen molar-refractivity contribution in [2.24, 2.45) is 0 Å². The van der Waals surface area contributed by atoms with E-state index in [1.165, 1.54) is 81.2 Å². The van der Waals surface area contributed by atoms with Crippen LogP contribution in [-0.4, -0.2) is 4.40 Å². The second-order valence-corrected chi connectivity index (χ2v) is 12.2. The first-order valence-corrected chi connectivity index (χ1v) is 14.6. The summed E-state index contributed by atoms with van der Waals surface area (Å²) < 4.78 is 14.6. The zero-order valence-corrected chi connectivity index (χ0v) is 21.8. The van der Waals surface area contributed by atoms with E-state index in [4.69, 9.17) is 4.74 Å². The van der Waals surface area contributed by atoms with Crippen LogP contribution >= 0.6 is 11.3 Å². The van der Waals surface area contributed by atoms with Gasteiger partial charge in [0.05, 0.1) is 16.2 Å². The maximum absolute atomic E-state index is 6.86. The maximum atomic E-state index is 6.86. The quantitative estimate of drug-likeness (QED) is 0.148. The molecule has 3 aliphatic heterocycles. The molecule has 12 rings (SSSR count). The van der Waals surface area contributed by atoms with Crippen LogP contribution in [0.25, 0.3) is 70.1 Å². The molecule has 4 nitrogen and oxygen atoms in total. The monoisotopic (exact) mass is 527 g/mol. The first-order valence-electron chi connectivity index (χ1n) is 13.7. The summed E-state index contributed by atoms with van der Waals surface area (Å²) in [6, 6.07) is 33.5. The van der Waals surface area contributed by atoms with Gasteiger partial charge in [0.25, 0.3) is 0 Å². The standard InChI is InChI=1S/C35H17N3OS/c1-2-7-19-18(6-1)20-11-13-26-30-28(20)32-22(19)8-5-16-36(32)35(30)31-27(39-26)14-12-21-23-15-17-40-34(23)37-24-9-3-4-10-25(24)38(35)33(37)29(21)31/h1-17H/q+2. The van der Waals surface area contributed by atoms with Crippen LogP contribution in [-0.2, 0) is 5.66 Å². The van der Waals surface area contributed by atoms with E-state index in [-0.39, 0.29) is 0 Å². The third-order valence-electron chi connectivity index (χ3n) is 9.81. The Morgan fingerprint density at radius 3 is 2.25 bits per heavy atom. The number of benzene rings is 5. The van der Waals surface area contributed by atoms with E-state index in [1.54, 1.807) is 0 Å². The van der Waals surface area contributed by atoms with Crippen LogP contribution in [0.1, 0.15) is 11.1 Å². The lowest BCUT2D eigenvalue weighted by molar-refractivity contribution is -0.934. The molecule has 0 amide bonds. The van der Waals surface area contributed by atoms with Gasteiger partial charge in [0.2, 0.25) is 5.52 Å². The first-order chi connectivity index (χ1) is 19.9. The van der Waals surface area contributed by atoms with Gasteiger partial charge in [0.15, 0.2) is 22.1 Å². The molecular formula is C35H17N3OS+2. The lowest BCUT2D eigenvalue weighted by atomic mass is 9.85. The number of hydrogen-bond acceptors (Lipinski definition) is 2. The van der Waals surface area contributed by atoms with Gasteiger partial charge >= 0.3 is 11.3 Å². The molecule has 1 atom stereocenters. The van der Waals surface area contributed by atoms with Crippen molar-refractivity contribution in [2.45, 2.75) is 5.66 Å². The highest BCUT2D eigenvalue weighted by Gasteiger charge is 2.68. The fourth-order valence-corrected chi connectivity index (χ4v) is 9.51. The number of fused-ring (bicyclic) bond motifs is 9. The Morgan fingerprint density at radius 2 is 1.38 bits per heavy atom. The summed E-state index contributed by atoms with van der Waals surface area (Å²) >= 11 is 1.82. The van der Waals surface area contributed by atoms with Crippen molar-refractivity contribution in [3.8, 4) is 11.5 Å². The summed E-state index contributed by atoms with van der Waals surface area (Å²) in [5, 5.41) is 12.6. The zero-order chi connectivity index (χ0) is 25.5. The molecule has 0 saturated heterocycles. The van der Waals surface area contributed by atoms with Gasteiger partial charge in [-0.25, -0.2) is 0 Å². The molecule has 9 aromatic rings. The van der Waals surface area contributed by atoms with Gasteiger partial charge in [0.1, 0.15) is 22.6 Å². The van der Waals surface area contributed by atoms with Crippen molar-refractivity contribution in [2.75, 3.05) is 0 Å². The van der Waals surface area contributed by atoms with Gasteiger partial charge in [-0.3, -0.25) is 0 Å². The normalized spacial score (nSPS) is 17.8. The summed E-state index contributed by atoms with van der Waals surface area (Å²) in [6.45, 7) is 0. The molecular weight excluding hydrogens is 510 g/mol. The predicted octanol–water partition coefficient (Wildman–Crippen LogP) is 7.53. The number of hydrogen-bond donors (Lipinski definition) is 0. The highest BCUT2D eigenvalue weighted by Crippen LogP contribution is 2.58. The number of imidazole rings is 1. The molecule has 3 aliphatic rings. The summed E-state index contributed by atoms with van der Waals surface area (Å²) in [4.78, 5) is 1.29. The average molecular weight is 528 g/mol. The van der Waals surface area contributed by atoms with Crippen molar-refractivity contribution >= 4 is 81.5 Å². The Labute approximate surface area is 230 Å². The lowest BCUT2D eigenvalue weighted by Crippen LogP contribution is -2.72. The predicted molar refractivity (Wildman–Crippen MR) is 159 cm³/mol.